The van der Waals surface area contributed by atoms with Gasteiger partial charge in [0.2, 0.25) is 5.91 Å². The molecule has 1 N–H and O–H groups in total. The first kappa shape index (κ1) is 10.2. The van der Waals surface area contributed by atoms with E-state index in [1.165, 1.54) is 6.92 Å². The minimum Gasteiger partial charge on any atom is -0.464 e. The van der Waals surface area contributed by atoms with Crippen molar-refractivity contribution in [3.8, 4) is 6.07 Å². The Morgan fingerprint density at radius 3 is 3.00 bits per heavy atom. The van der Waals surface area contributed by atoms with Crippen LogP contribution in [0.3, 0.4) is 0 Å². The molecule has 0 fully saturated rings. The number of carbonyl (C=O) groups is 1. The summed E-state index contributed by atoms with van der Waals surface area (Å²) in [6, 6.07) is 7.43. The van der Waals surface area contributed by atoms with E-state index in [9.17, 15) is 4.79 Å². The van der Waals surface area contributed by atoms with Crippen molar-refractivity contribution in [1.29, 1.82) is 5.26 Å². The second-order valence-electron chi connectivity index (χ2n) is 3.45. The lowest BCUT2D eigenvalue weighted by Gasteiger charge is -2.05. The van der Waals surface area contributed by atoms with Crippen molar-refractivity contribution in [2.24, 2.45) is 0 Å². The van der Waals surface area contributed by atoms with Crippen molar-refractivity contribution in [3.63, 3.8) is 0 Å². The summed E-state index contributed by atoms with van der Waals surface area (Å²) >= 11 is 0. The summed E-state index contributed by atoms with van der Waals surface area (Å²) < 4.78 is 5.32. The minimum atomic E-state index is -0.129. The Labute approximate surface area is 92.5 Å². The zero-order valence-electron chi connectivity index (χ0n) is 8.78. The Morgan fingerprint density at radius 1 is 1.50 bits per heavy atom. The first-order valence-electron chi connectivity index (χ1n) is 4.86. The molecule has 1 aromatic carbocycles. The van der Waals surface area contributed by atoms with Crippen LogP contribution in [0.5, 0.6) is 0 Å². The van der Waals surface area contributed by atoms with Crippen LogP contribution in [0, 0.1) is 11.3 Å². The Bertz CT molecular complexity index is 578. The third-order valence-electron chi connectivity index (χ3n) is 2.28. The third-order valence-corrected chi connectivity index (χ3v) is 2.28. The van der Waals surface area contributed by atoms with Crippen LogP contribution in [0.25, 0.3) is 11.0 Å². The lowest BCUT2D eigenvalue weighted by molar-refractivity contribution is -0.114. The van der Waals surface area contributed by atoms with Gasteiger partial charge in [-0.05, 0) is 12.1 Å². The van der Waals surface area contributed by atoms with E-state index in [4.69, 9.17) is 9.68 Å². The number of nitrogens with zero attached hydrogens (tertiary/aromatic N) is 1. The first-order chi connectivity index (χ1) is 7.72. The molecule has 80 valence electrons. The van der Waals surface area contributed by atoms with Crippen LogP contribution in [0.4, 0.5) is 5.69 Å². The molecule has 4 nitrogen and oxygen atoms in total. The topological polar surface area (TPSA) is 66.0 Å². The monoisotopic (exact) mass is 214 g/mol. The average Bonchev–Trinajstić information content (AvgIpc) is 2.70. The summed E-state index contributed by atoms with van der Waals surface area (Å²) in [5, 5.41) is 12.2. The fourth-order valence-electron chi connectivity index (χ4n) is 1.64. The van der Waals surface area contributed by atoms with Gasteiger partial charge in [-0.2, -0.15) is 5.26 Å². The number of nitriles is 1. The number of furan rings is 1. The predicted molar refractivity (Wildman–Crippen MR) is 59.8 cm³/mol. The maximum Gasteiger partial charge on any atom is 0.221 e. The van der Waals surface area contributed by atoms with Crippen LogP contribution < -0.4 is 5.32 Å². The number of fused-ring (bicyclic) bond motifs is 1. The van der Waals surface area contributed by atoms with Gasteiger partial charge in [0, 0.05) is 17.9 Å². The number of anilines is 1. The smallest absolute Gasteiger partial charge is 0.221 e. The van der Waals surface area contributed by atoms with E-state index in [0.29, 0.717) is 17.7 Å². The Kier molecular flexibility index (Phi) is 2.61. The number of carbonyl (C=O) groups excluding carboxylic acids is 1. The van der Waals surface area contributed by atoms with Crippen molar-refractivity contribution >= 4 is 22.6 Å². The highest BCUT2D eigenvalue weighted by molar-refractivity contribution is 6.00. The molecule has 0 spiro atoms. The SMILES string of the molecule is CC(=O)Nc1ccc(CC#N)c2occc12. The van der Waals surface area contributed by atoms with E-state index in [2.05, 4.69) is 11.4 Å². The molecular formula is C12H10N2O2. The molecule has 0 saturated heterocycles. The fraction of sp³-hybridized carbons (Fsp3) is 0.167. The molecule has 1 amide bonds. The first-order valence-corrected chi connectivity index (χ1v) is 4.86. The van der Waals surface area contributed by atoms with Crippen molar-refractivity contribution in [2.45, 2.75) is 13.3 Å². The van der Waals surface area contributed by atoms with E-state index >= 15 is 0 Å². The summed E-state index contributed by atoms with van der Waals surface area (Å²) in [6.45, 7) is 1.45. The van der Waals surface area contributed by atoms with Gasteiger partial charge in [-0.1, -0.05) is 6.07 Å². The molecule has 0 bridgehead atoms. The number of hydrogen-bond acceptors (Lipinski definition) is 3. The molecular weight excluding hydrogens is 204 g/mol. The number of rotatable bonds is 2. The van der Waals surface area contributed by atoms with E-state index in [-0.39, 0.29) is 5.91 Å². The second-order valence-corrected chi connectivity index (χ2v) is 3.45. The van der Waals surface area contributed by atoms with Crippen molar-refractivity contribution in [3.05, 3.63) is 30.0 Å². The highest BCUT2D eigenvalue weighted by Gasteiger charge is 2.09. The molecule has 4 heteroatoms. The number of hydrogen-bond donors (Lipinski definition) is 1. The Balaban J connectivity index is 2.55. The Hall–Kier alpha value is -2.28. The van der Waals surface area contributed by atoms with E-state index in [0.717, 1.165) is 10.9 Å². The van der Waals surface area contributed by atoms with Crippen molar-refractivity contribution in [1.82, 2.24) is 0 Å². The molecule has 16 heavy (non-hydrogen) atoms. The van der Waals surface area contributed by atoms with Crippen LogP contribution in [-0.4, -0.2) is 5.91 Å². The molecule has 1 heterocycles. The molecule has 0 atom stereocenters. The largest absolute Gasteiger partial charge is 0.464 e. The van der Waals surface area contributed by atoms with Gasteiger partial charge in [-0.25, -0.2) is 0 Å². The average molecular weight is 214 g/mol. The highest BCUT2D eigenvalue weighted by Crippen LogP contribution is 2.28. The number of benzene rings is 1. The molecule has 0 aliphatic heterocycles. The van der Waals surface area contributed by atoms with Gasteiger partial charge in [0.1, 0.15) is 5.58 Å². The normalized spacial score (nSPS) is 10.0. The Morgan fingerprint density at radius 2 is 2.31 bits per heavy atom. The molecule has 0 aliphatic carbocycles. The van der Waals surface area contributed by atoms with Crippen LogP contribution in [-0.2, 0) is 11.2 Å². The lowest BCUT2D eigenvalue weighted by atomic mass is 10.1. The number of nitrogens with one attached hydrogen (secondary N) is 1. The van der Waals surface area contributed by atoms with Gasteiger partial charge in [-0.15, -0.1) is 0 Å². The maximum atomic E-state index is 11.0. The maximum absolute atomic E-state index is 11.0. The zero-order valence-corrected chi connectivity index (χ0v) is 8.78. The number of amides is 1. The summed E-state index contributed by atoms with van der Waals surface area (Å²) in [6.07, 6.45) is 1.85. The van der Waals surface area contributed by atoms with Gasteiger partial charge < -0.3 is 9.73 Å². The van der Waals surface area contributed by atoms with Gasteiger partial charge >= 0.3 is 0 Å². The minimum absolute atomic E-state index is 0.129. The highest BCUT2D eigenvalue weighted by atomic mass is 16.3. The molecule has 2 aromatic rings. The fourth-order valence-corrected chi connectivity index (χ4v) is 1.64. The van der Waals surface area contributed by atoms with E-state index < -0.39 is 0 Å². The molecule has 0 aliphatic rings. The van der Waals surface area contributed by atoms with Crippen LogP contribution in [0.2, 0.25) is 0 Å². The van der Waals surface area contributed by atoms with Gasteiger partial charge in [0.05, 0.1) is 24.4 Å². The van der Waals surface area contributed by atoms with Crippen molar-refractivity contribution < 1.29 is 9.21 Å². The third kappa shape index (κ3) is 1.75. The molecule has 0 unspecified atom stereocenters. The van der Waals surface area contributed by atoms with Crippen LogP contribution >= 0.6 is 0 Å². The van der Waals surface area contributed by atoms with Crippen molar-refractivity contribution in [2.75, 3.05) is 5.32 Å². The second kappa shape index (κ2) is 4.07. The van der Waals surface area contributed by atoms with E-state index in [1.807, 2.05) is 0 Å². The predicted octanol–water partition coefficient (Wildman–Crippen LogP) is 2.46. The summed E-state index contributed by atoms with van der Waals surface area (Å²) in [4.78, 5) is 11.0. The van der Waals surface area contributed by atoms with Crippen LogP contribution in [0.15, 0.2) is 28.9 Å². The quantitative estimate of drug-likeness (QED) is 0.834. The van der Waals surface area contributed by atoms with Crippen LogP contribution in [0.1, 0.15) is 12.5 Å². The molecule has 1 aromatic heterocycles. The lowest BCUT2D eigenvalue weighted by Crippen LogP contribution is -2.06. The molecule has 0 radical (unpaired) electrons. The zero-order chi connectivity index (χ0) is 11.5. The summed E-state index contributed by atoms with van der Waals surface area (Å²) in [5.74, 6) is -0.129. The van der Waals surface area contributed by atoms with Gasteiger partial charge in [-0.3, -0.25) is 4.79 Å². The van der Waals surface area contributed by atoms with Gasteiger partial charge in [0.25, 0.3) is 0 Å². The van der Waals surface area contributed by atoms with E-state index in [1.54, 1.807) is 24.5 Å². The standard InChI is InChI=1S/C12H10N2O2/c1-8(15)14-11-3-2-9(4-6-13)12-10(11)5-7-16-12/h2-3,5,7H,4H2,1H3,(H,14,15). The molecule has 2 rings (SSSR count). The molecule has 0 saturated carbocycles. The summed E-state index contributed by atoms with van der Waals surface area (Å²) in [7, 11) is 0. The summed E-state index contributed by atoms with van der Waals surface area (Å²) in [5.41, 5.74) is 2.20. The van der Waals surface area contributed by atoms with Gasteiger partial charge in [0.15, 0.2) is 0 Å².